The molecule has 0 heterocycles. The van der Waals surface area contributed by atoms with Crippen molar-refractivity contribution < 1.29 is 4.74 Å². The summed E-state index contributed by atoms with van der Waals surface area (Å²) in [6.45, 7) is 3.57. The predicted molar refractivity (Wildman–Crippen MR) is 45.6 cm³/mol. The molecule has 0 unspecified atom stereocenters. The van der Waals surface area contributed by atoms with Gasteiger partial charge >= 0.3 is 0 Å². The van der Waals surface area contributed by atoms with Crippen molar-refractivity contribution in [1.29, 1.82) is 0 Å². The van der Waals surface area contributed by atoms with Crippen molar-refractivity contribution in [1.82, 2.24) is 5.32 Å². The van der Waals surface area contributed by atoms with Crippen LogP contribution in [0.5, 0.6) is 5.75 Å². The van der Waals surface area contributed by atoms with Gasteiger partial charge in [0.25, 0.3) is 0 Å². The van der Waals surface area contributed by atoms with Crippen LogP contribution in [0.3, 0.4) is 0 Å². The second-order valence-electron chi connectivity index (χ2n) is 2.21. The summed E-state index contributed by atoms with van der Waals surface area (Å²) in [5.74, 6) is 0.911. The van der Waals surface area contributed by atoms with Crippen LogP contribution in [0.2, 0.25) is 0 Å². The van der Waals surface area contributed by atoms with Gasteiger partial charge in [0, 0.05) is 0 Å². The lowest BCUT2D eigenvalue weighted by Gasteiger charge is -2.04. The molecule has 0 aliphatic rings. The van der Waals surface area contributed by atoms with E-state index in [1.54, 1.807) is 0 Å². The molecule has 0 saturated carbocycles. The number of ether oxygens (including phenoxy) is 1. The standard InChI is InChI=1S/C9H13NO/c1-2-10-8-11-9-6-4-3-5-7-9/h3-7,10H,2,8H2,1H3. The molecule has 0 bridgehead atoms. The number of nitrogens with one attached hydrogen (secondary N) is 1. The maximum Gasteiger partial charge on any atom is 0.139 e. The van der Waals surface area contributed by atoms with Crippen molar-refractivity contribution in [2.45, 2.75) is 6.92 Å². The fourth-order valence-electron chi connectivity index (χ4n) is 0.753. The smallest absolute Gasteiger partial charge is 0.139 e. The highest BCUT2D eigenvalue weighted by Gasteiger charge is 1.87. The molecule has 0 aromatic heterocycles. The van der Waals surface area contributed by atoms with Crippen LogP contribution in [-0.2, 0) is 0 Å². The second kappa shape index (κ2) is 4.74. The first-order chi connectivity index (χ1) is 5.43. The van der Waals surface area contributed by atoms with Gasteiger partial charge in [0.05, 0.1) is 0 Å². The molecule has 2 nitrogen and oxygen atoms in total. The lowest BCUT2D eigenvalue weighted by atomic mass is 10.3. The molecule has 0 fully saturated rings. The van der Waals surface area contributed by atoms with E-state index >= 15 is 0 Å². The van der Waals surface area contributed by atoms with E-state index in [1.165, 1.54) is 0 Å². The van der Waals surface area contributed by atoms with E-state index in [9.17, 15) is 0 Å². The fourth-order valence-corrected chi connectivity index (χ4v) is 0.753. The molecule has 1 aromatic carbocycles. The average molecular weight is 151 g/mol. The summed E-state index contributed by atoms with van der Waals surface area (Å²) in [7, 11) is 0. The van der Waals surface area contributed by atoms with Gasteiger partial charge < -0.3 is 4.74 Å². The van der Waals surface area contributed by atoms with Crippen LogP contribution in [0, 0.1) is 0 Å². The molecule has 2 heteroatoms. The van der Waals surface area contributed by atoms with Crippen LogP contribution in [-0.4, -0.2) is 13.3 Å². The van der Waals surface area contributed by atoms with Crippen LogP contribution >= 0.6 is 0 Å². The zero-order chi connectivity index (χ0) is 7.94. The van der Waals surface area contributed by atoms with E-state index < -0.39 is 0 Å². The number of benzene rings is 1. The minimum Gasteiger partial charge on any atom is -0.478 e. The van der Waals surface area contributed by atoms with Gasteiger partial charge in [-0.1, -0.05) is 25.1 Å². The minimum atomic E-state index is 0.584. The van der Waals surface area contributed by atoms with Gasteiger partial charge in [-0.15, -0.1) is 0 Å². The second-order valence-corrected chi connectivity index (χ2v) is 2.21. The lowest BCUT2D eigenvalue weighted by Crippen LogP contribution is -2.19. The average Bonchev–Trinajstić information content (AvgIpc) is 2.07. The molecule has 0 aliphatic carbocycles. The van der Waals surface area contributed by atoms with E-state index in [4.69, 9.17) is 4.74 Å². The quantitative estimate of drug-likeness (QED) is 0.521. The molecule has 0 spiro atoms. The molecular formula is C9H13NO. The van der Waals surface area contributed by atoms with Gasteiger partial charge in [-0.3, -0.25) is 5.32 Å². The Morgan fingerprint density at radius 1 is 1.27 bits per heavy atom. The highest BCUT2D eigenvalue weighted by molar-refractivity contribution is 5.20. The van der Waals surface area contributed by atoms with Crippen LogP contribution in [0.1, 0.15) is 6.92 Å². The normalized spacial score (nSPS) is 9.55. The molecule has 0 radical (unpaired) electrons. The van der Waals surface area contributed by atoms with Gasteiger partial charge in [-0.05, 0) is 18.7 Å². The summed E-state index contributed by atoms with van der Waals surface area (Å²) in [6.07, 6.45) is 0. The van der Waals surface area contributed by atoms with Crippen molar-refractivity contribution >= 4 is 0 Å². The minimum absolute atomic E-state index is 0.584. The molecule has 1 aromatic rings. The van der Waals surface area contributed by atoms with Crippen molar-refractivity contribution in [3.63, 3.8) is 0 Å². The Morgan fingerprint density at radius 3 is 2.64 bits per heavy atom. The number of para-hydroxylation sites is 1. The van der Waals surface area contributed by atoms with Gasteiger partial charge in [-0.25, -0.2) is 0 Å². The Labute approximate surface area is 67.2 Å². The van der Waals surface area contributed by atoms with Crippen LogP contribution < -0.4 is 10.1 Å². The summed E-state index contributed by atoms with van der Waals surface area (Å²) in [4.78, 5) is 0. The molecule has 0 amide bonds. The molecule has 0 atom stereocenters. The number of rotatable bonds is 4. The van der Waals surface area contributed by atoms with Gasteiger partial charge in [0.15, 0.2) is 0 Å². The third kappa shape index (κ3) is 3.05. The SMILES string of the molecule is CCNCOc1ccccc1. The number of hydrogen-bond donors (Lipinski definition) is 1. The van der Waals surface area contributed by atoms with Gasteiger partial charge in [-0.2, -0.15) is 0 Å². The Morgan fingerprint density at radius 2 is 2.00 bits per heavy atom. The van der Waals surface area contributed by atoms with E-state index in [-0.39, 0.29) is 0 Å². The van der Waals surface area contributed by atoms with Crippen molar-refractivity contribution in [3.05, 3.63) is 30.3 Å². The van der Waals surface area contributed by atoms with E-state index in [2.05, 4.69) is 5.32 Å². The third-order valence-electron chi connectivity index (χ3n) is 1.33. The Kier molecular flexibility index (Phi) is 3.48. The van der Waals surface area contributed by atoms with Crippen molar-refractivity contribution in [2.24, 2.45) is 0 Å². The fraction of sp³-hybridized carbons (Fsp3) is 0.333. The summed E-state index contributed by atoms with van der Waals surface area (Å²) < 4.78 is 5.34. The van der Waals surface area contributed by atoms with Crippen LogP contribution in [0.4, 0.5) is 0 Å². The zero-order valence-corrected chi connectivity index (χ0v) is 6.71. The topological polar surface area (TPSA) is 21.3 Å². The molecule has 60 valence electrons. The molecule has 0 aliphatic heterocycles. The Hall–Kier alpha value is -1.02. The summed E-state index contributed by atoms with van der Waals surface area (Å²) in [5.41, 5.74) is 0. The van der Waals surface area contributed by atoms with Crippen LogP contribution in [0.25, 0.3) is 0 Å². The predicted octanol–water partition coefficient (Wildman–Crippen LogP) is 1.63. The Bertz CT molecular complexity index is 186. The summed E-state index contributed by atoms with van der Waals surface area (Å²) in [6, 6.07) is 9.78. The van der Waals surface area contributed by atoms with Crippen molar-refractivity contribution in [2.75, 3.05) is 13.3 Å². The highest BCUT2D eigenvalue weighted by atomic mass is 16.5. The lowest BCUT2D eigenvalue weighted by molar-refractivity contribution is 0.287. The molecular weight excluding hydrogens is 138 g/mol. The molecule has 0 saturated heterocycles. The zero-order valence-electron chi connectivity index (χ0n) is 6.71. The van der Waals surface area contributed by atoms with Gasteiger partial charge in [0.2, 0.25) is 0 Å². The molecule has 1 N–H and O–H groups in total. The Balaban J connectivity index is 2.28. The maximum absolute atomic E-state index is 5.34. The van der Waals surface area contributed by atoms with Crippen molar-refractivity contribution in [3.8, 4) is 5.75 Å². The first-order valence-electron chi connectivity index (χ1n) is 3.82. The van der Waals surface area contributed by atoms with E-state index in [1.807, 2.05) is 37.3 Å². The highest BCUT2D eigenvalue weighted by Crippen LogP contribution is 2.06. The molecule has 1 rings (SSSR count). The van der Waals surface area contributed by atoms with Crippen LogP contribution in [0.15, 0.2) is 30.3 Å². The third-order valence-corrected chi connectivity index (χ3v) is 1.33. The maximum atomic E-state index is 5.34. The number of hydrogen-bond acceptors (Lipinski definition) is 2. The largest absolute Gasteiger partial charge is 0.478 e. The van der Waals surface area contributed by atoms with Gasteiger partial charge in [0.1, 0.15) is 12.5 Å². The van der Waals surface area contributed by atoms with E-state index in [0.717, 1.165) is 12.3 Å². The van der Waals surface area contributed by atoms with E-state index in [0.29, 0.717) is 6.73 Å². The first kappa shape index (κ1) is 8.08. The monoisotopic (exact) mass is 151 g/mol. The first-order valence-corrected chi connectivity index (χ1v) is 3.82. The summed E-state index contributed by atoms with van der Waals surface area (Å²) >= 11 is 0. The molecule has 11 heavy (non-hydrogen) atoms. The summed E-state index contributed by atoms with van der Waals surface area (Å²) in [5, 5.41) is 3.07.